The van der Waals surface area contributed by atoms with Crippen LogP contribution in [0.3, 0.4) is 0 Å². The lowest BCUT2D eigenvalue weighted by atomic mass is 10.2. The first kappa shape index (κ1) is 20.6. The Morgan fingerprint density at radius 3 is 2.77 bits per heavy atom. The molecule has 0 bridgehead atoms. The van der Waals surface area contributed by atoms with Crippen molar-refractivity contribution in [2.75, 3.05) is 11.9 Å². The van der Waals surface area contributed by atoms with E-state index in [1.54, 1.807) is 5.38 Å². The van der Waals surface area contributed by atoms with Crippen molar-refractivity contribution in [2.24, 2.45) is 0 Å². The average molecular weight is 441 g/mol. The van der Waals surface area contributed by atoms with Crippen LogP contribution < -0.4 is 5.32 Å². The number of carboxylic acids is 1. The van der Waals surface area contributed by atoms with E-state index >= 15 is 0 Å². The van der Waals surface area contributed by atoms with Gasteiger partial charge in [0.2, 0.25) is 11.7 Å². The first-order valence-electron chi connectivity index (χ1n) is 9.58. The van der Waals surface area contributed by atoms with E-state index in [-0.39, 0.29) is 18.3 Å². The van der Waals surface area contributed by atoms with Crippen molar-refractivity contribution < 1.29 is 28.6 Å². The number of ether oxygens (including phenoxy) is 1. The number of nitrogens with zero attached hydrogens (tertiary/aromatic N) is 2. The van der Waals surface area contributed by atoms with Crippen LogP contribution >= 0.6 is 11.3 Å². The van der Waals surface area contributed by atoms with Gasteiger partial charge in [0.1, 0.15) is 18.3 Å². The Morgan fingerprint density at radius 1 is 1.23 bits per heavy atom. The molecular formula is C21H19N3O6S. The smallest absolute Gasteiger partial charge is 0.410 e. The molecule has 1 fully saturated rings. The molecule has 2 aromatic heterocycles. The van der Waals surface area contributed by atoms with Gasteiger partial charge in [-0.2, -0.15) is 0 Å². The minimum absolute atomic E-state index is 0.141. The Hall–Kier alpha value is -3.66. The molecule has 0 saturated carbocycles. The lowest BCUT2D eigenvalue weighted by Gasteiger charge is -2.22. The van der Waals surface area contributed by atoms with E-state index in [0.717, 1.165) is 5.56 Å². The number of nitrogens with one attached hydrogen (secondary N) is 1. The van der Waals surface area contributed by atoms with E-state index in [0.29, 0.717) is 36.0 Å². The summed E-state index contributed by atoms with van der Waals surface area (Å²) in [6.07, 6.45) is 0.703. The summed E-state index contributed by atoms with van der Waals surface area (Å²) in [6, 6.07) is 11.5. The van der Waals surface area contributed by atoms with Gasteiger partial charge in [-0.15, -0.1) is 11.3 Å². The summed E-state index contributed by atoms with van der Waals surface area (Å²) < 4.78 is 10.6. The maximum absolute atomic E-state index is 12.7. The lowest BCUT2D eigenvalue weighted by molar-refractivity contribution is -0.120. The summed E-state index contributed by atoms with van der Waals surface area (Å²) in [5.41, 5.74) is 1.29. The molecule has 2 N–H and O–H groups in total. The Morgan fingerprint density at radius 2 is 2.03 bits per heavy atom. The Bertz CT molecular complexity index is 1090. The third-order valence-corrected chi connectivity index (χ3v) is 5.56. The number of aromatic carboxylic acids is 1. The van der Waals surface area contributed by atoms with Gasteiger partial charge in [0.05, 0.1) is 0 Å². The molecule has 1 aliphatic rings. The van der Waals surface area contributed by atoms with Gasteiger partial charge in [-0.1, -0.05) is 30.3 Å². The van der Waals surface area contributed by atoms with Crippen LogP contribution in [-0.4, -0.2) is 45.5 Å². The highest BCUT2D eigenvalue weighted by Gasteiger charge is 2.35. The maximum Gasteiger partial charge on any atom is 0.410 e. The number of anilines is 1. The largest absolute Gasteiger partial charge is 0.475 e. The standard InChI is InChI=1S/C21H19N3O6S/c25-18(23-20-22-14(12-31-20)16-8-9-17(30-16)19(26)27)15-7-4-10-24(15)21(28)29-11-13-5-2-1-3-6-13/h1-3,5-6,8-9,12,15H,4,7,10-11H2,(H,26,27)(H,22,23,25)/t15-/m0/s1. The zero-order chi connectivity index (χ0) is 21.8. The summed E-state index contributed by atoms with van der Waals surface area (Å²) in [5, 5.41) is 13.7. The maximum atomic E-state index is 12.7. The van der Waals surface area contributed by atoms with Gasteiger partial charge in [-0.05, 0) is 30.5 Å². The van der Waals surface area contributed by atoms with Crippen LogP contribution in [-0.2, 0) is 16.1 Å². The molecule has 10 heteroatoms. The van der Waals surface area contributed by atoms with Gasteiger partial charge in [-0.3, -0.25) is 9.69 Å². The predicted molar refractivity (Wildman–Crippen MR) is 112 cm³/mol. The molecular weight excluding hydrogens is 422 g/mol. The number of furan rings is 1. The normalized spacial score (nSPS) is 15.6. The summed E-state index contributed by atoms with van der Waals surface area (Å²) in [7, 11) is 0. The number of hydrogen-bond donors (Lipinski definition) is 2. The summed E-state index contributed by atoms with van der Waals surface area (Å²) in [4.78, 5) is 41.9. The number of likely N-dealkylation sites (tertiary alicyclic amines) is 1. The molecule has 0 spiro atoms. The highest BCUT2D eigenvalue weighted by Crippen LogP contribution is 2.28. The van der Waals surface area contributed by atoms with Gasteiger partial charge in [0, 0.05) is 11.9 Å². The van der Waals surface area contributed by atoms with Gasteiger partial charge < -0.3 is 19.6 Å². The second-order valence-corrected chi connectivity index (χ2v) is 7.75. The van der Waals surface area contributed by atoms with Crippen LogP contribution in [0, 0.1) is 0 Å². The monoisotopic (exact) mass is 441 g/mol. The quantitative estimate of drug-likeness (QED) is 0.596. The molecule has 4 rings (SSSR count). The van der Waals surface area contributed by atoms with Crippen LogP contribution in [0.15, 0.2) is 52.3 Å². The van der Waals surface area contributed by atoms with Crippen LogP contribution in [0.5, 0.6) is 0 Å². The highest BCUT2D eigenvalue weighted by atomic mass is 32.1. The van der Waals surface area contributed by atoms with Crippen molar-refractivity contribution in [3.05, 3.63) is 59.2 Å². The van der Waals surface area contributed by atoms with E-state index in [1.807, 2.05) is 30.3 Å². The van der Waals surface area contributed by atoms with Crippen molar-refractivity contribution in [1.29, 1.82) is 0 Å². The number of aromatic nitrogens is 1. The zero-order valence-corrected chi connectivity index (χ0v) is 17.1. The number of benzene rings is 1. The SMILES string of the molecule is O=C(O)c1ccc(-c2csc(NC(=O)[C@@H]3CCCN3C(=O)OCc3ccccc3)n2)o1. The first-order valence-corrected chi connectivity index (χ1v) is 10.5. The fraction of sp³-hybridized carbons (Fsp3) is 0.238. The molecule has 31 heavy (non-hydrogen) atoms. The summed E-state index contributed by atoms with van der Waals surface area (Å²) in [6.45, 7) is 0.584. The van der Waals surface area contributed by atoms with E-state index in [4.69, 9.17) is 14.3 Å². The average Bonchev–Trinajstić information content (AvgIpc) is 3.52. The number of thiazole rings is 1. The second-order valence-electron chi connectivity index (χ2n) is 6.89. The molecule has 0 radical (unpaired) electrons. The molecule has 1 aliphatic heterocycles. The van der Waals surface area contributed by atoms with Gasteiger partial charge in [-0.25, -0.2) is 14.6 Å². The minimum atomic E-state index is -1.17. The molecule has 9 nitrogen and oxygen atoms in total. The zero-order valence-electron chi connectivity index (χ0n) is 16.3. The third kappa shape index (κ3) is 4.75. The molecule has 3 aromatic rings. The van der Waals surface area contributed by atoms with E-state index in [9.17, 15) is 14.4 Å². The van der Waals surface area contributed by atoms with E-state index in [2.05, 4.69) is 10.3 Å². The fourth-order valence-corrected chi connectivity index (χ4v) is 3.99. The number of carboxylic acid groups (broad SMARTS) is 1. The van der Waals surface area contributed by atoms with Crippen LogP contribution in [0.2, 0.25) is 0 Å². The van der Waals surface area contributed by atoms with Crippen molar-refractivity contribution in [1.82, 2.24) is 9.88 Å². The van der Waals surface area contributed by atoms with Gasteiger partial charge >= 0.3 is 12.1 Å². The molecule has 1 atom stereocenters. The van der Waals surface area contributed by atoms with E-state index < -0.39 is 18.1 Å². The molecule has 160 valence electrons. The Balaban J connectivity index is 1.36. The van der Waals surface area contributed by atoms with Crippen molar-refractivity contribution in [2.45, 2.75) is 25.5 Å². The topological polar surface area (TPSA) is 122 Å². The Labute approximate surface area is 181 Å². The number of amides is 2. The molecule has 2 amide bonds. The minimum Gasteiger partial charge on any atom is -0.475 e. The Kier molecular flexibility index (Phi) is 5.99. The number of hydrogen-bond acceptors (Lipinski definition) is 7. The van der Waals surface area contributed by atoms with Crippen LogP contribution in [0.1, 0.15) is 29.0 Å². The number of carbonyl (C=O) groups excluding carboxylic acids is 2. The molecule has 1 aromatic carbocycles. The fourth-order valence-electron chi connectivity index (χ4n) is 3.28. The van der Waals surface area contributed by atoms with Crippen LogP contribution in [0.25, 0.3) is 11.5 Å². The highest BCUT2D eigenvalue weighted by molar-refractivity contribution is 7.14. The van der Waals surface area contributed by atoms with Gasteiger partial charge in [0.15, 0.2) is 10.9 Å². The summed E-state index contributed by atoms with van der Waals surface area (Å²) >= 11 is 1.18. The van der Waals surface area contributed by atoms with Gasteiger partial charge in [0.25, 0.3) is 0 Å². The van der Waals surface area contributed by atoms with Crippen molar-refractivity contribution >= 4 is 34.4 Å². The predicted octanol–water partition coefficient (Wildman–Crippen LogP) is 3.84. The summed E-state index contributed by atoms with van der Waals surface area (Å²) in [5.74, 6) is -1.42. The number of rotatable bonds is 6. The van der Waals surface area contributed by atoms with Crippen LogP contribution in [0.4, 0.5) is 9.93 Å². The molecule has 1 saturated heterocycles. The lowest BCUT2D eigenvalue weighted by Crippen LogP contribution is -2.43. The molecule has 3 heterocycles. The number of carbonyl (C=O) groups is 3. The van der Waals surface area contributed by atoms with E-state index in [1.165, 1.54) is 28.4 Å². The first-order chi connectivity index (χ1) is 15.0. The molecule has 0 unspecified atom stereocenters. The van der Waals surface area contributed by atoms with Crippen molar-refractivity contribution in [3.63, 3.8) is 0 Å². The van der Waals surface area contributed by atoms with Crippen molar-refractivity contribution in [3.8, 4) is 11.5 Å². The molecule has 0 aliphatic carbocycles. The third-order valence-electron chi connectivity index (χ3n) is 4.80. The second kappa shape index (κ2) is 9.00.